The highest BCUT2D eigenvalue weighted by Gasteiger charge is 2.02. The Morgan fingerprint density at radius 1 is 1.28 bits per heavy atom. The van der Waals surface area contributed by atoms with Crippen molar-refractivity contribution in [3.63, 3.8) is 0 Å². The van der Waals surface area contributed by atoms with E-state index in [0.717, 1.165) is 25.2 Å². The largest absolute Gasteiger partial charge is 0.361 e. The summed E-state index contributed by atoms with van der Waals surface area (Å²) in [6, 6.07) is 8.39. The molecule has 0 amide bonds. The van der Waals surface area contributed by atoms with Crippen molar-refractivity contribution in [2.45, 2.75) is 13.0 Å². The Hall–Kier alpha value is -1.72. The molecule has 1 aromatic carbocycles. The van der Waals surface area contributed by atoms with Gasteiger partial charge in [0.2, 0.25) is 0 Å². The summed E-state index contributed by atoms with van der Waals surface area (Å²) in [6.45, 7) is 1.73. The lowest BCUT2D eigenvalue weighted by atomic mass is 10.1. The van der Waals surface area contributed by atoms with Crippen LogP contribution in [0.15, 0.2) is 35.8 Å². The van der Waals surface area contributed by atoms with Gasteiger partial charge in [0.25, 0.3) is 0 Å². The molecule has 3 aromatic rings. The third-order valence-corrected chi connectivity index (χ3v) is 3.51. The van der Waals surface area contributed by atoms with E-state index in [1.54, 1.807) is 0 Å². The van der Waals surface area contributed by atoms with Crippen LogP contribution < -0.4 is 5.32 Å². The van der Waals surface area contributed by atoms with E-state index in [1.165, 1.54) is 28.0 Å². The summed E-state index contributed by atoms with van der Waals surface area (Å²) in [7, 11) is 0. The van der Waals surface area contributed by atoms with Crippen LogP contribution in [-0.2, 0) is 13.0 Å². The van der Waals surface area contributed by atoms with Crippen molar-refractivity contribution in [3.05, 3.63) is 47.1 Å². The van der Waals surface area contributed by atoms with Crippen molar-refractivity contribution in [1.29, 1.82) is 0 Å². The first-order chi connectivity index (χ1) is 8.93. The lowest BCUT2D eigenvalue weighted by molar-refractivity contribution is 0.674. The fourth-order valence-electron chi connectivity index (χ4n) is 2.04. The van der Waals surface area contributed by atoms with Gasteiger partial charge in [-0.15, -0.1) is 5.10 Å². The van der Waals surface area contributed by atoms with Gasteiger partial charge in [-0.3, -0.25) is 0 Å². The molecule has 5 heteroatoms. The van der Waals surface area contributed by atoms with Gasteiger partial charge in [-0.05, 0) is 36.1 Å². The summed E-state index contributed by atoms with van der Waals surface area (Å²) in [5.41, 5.74) is 3.57. The van der Waals surface area contributed by atoms with Crippen molar-refractivity contribution in [1.82, 2.24) is 19.9 Å². The van der Waals surface area contributed by atoms with Crippen LogP contribution in [0.25, 0.3) is 10.9 Å². The molecule has 3 rings (SSSR count). The highest BCUT2D eigenvalue weighted by Crippen LogP contribution is 2.17. The number of benzene rings is 1. The van der Waals surface area contributed by atoms with E-state index >= 15 is 0 Å². The second-order valence-corrected chi connectivity index (χ2v) is 4.79. The highest BCUT2D eigenvalue weighted by atomic mass is 32.1. The number of hydrogen-bond donors (Lipinski definition) is 2. The summed E-state index contributed by atoms with van der Waals surface area (Å²) in [4.78, 5) is 3.29. The Morgan fingerprint density at radius 2 is 2.22 bits per heavy atom. The van der Waals surface area contributed by atoms with Gasteiger partial charge in [-0.2, -0.15) is 0 Å². The number of hydrogen-bond acceptors (Lipinski definition) is 4. The second-order valence-electron chi connectivity index (χ2n) is 4.18. The average molecular weight is 258 g/mol. The second kappa shape index (κ2) is 5.29. The van der Waals surface area contributed by atoms with E-state index in [2.05, 4.69) is 50.4 Å². The molecule has 0 bridgehead atoms. The molecule has 0 spiro atoms. The summed E-state index contributed by atoms with van der Waals surface area (Å²) in [6.07, 6.45) is 3.11. The quantitative estimate of drug-likeness (QED) is 0.691. The molecule has 0 atom stereocenters. The van der Waals surface area contributed by atoms with Crippen LogP contribution in [0.2, 0.25) is 0 Å². The zero-order valence-corrected chi connectivity index (χ0v) is 10.7. The van der Waals surface area contributed by atoms with Crippen molar-refractivity contribution in [3.8, 4) is 0 Å². The molecule has 0 aliphatic carbocycles. The van der Waals surface area contributed by atoms with E-state index < -0.39 is 0 Å². The first kappa shape index (κ1) is 11.4. The van der Waals surface area contributed by atoms with E-state index in [-0.39, 0.29) is 0 Å². The molecule has 0 fully saturated rings. The molecule has 0 unspecified atom stereocenters. The number of nitrogens with one attached hydrogen (secondary N) is 2. The van der Waals surface area contributed by atoms with Crippen LogP contribution in [0.3, 0.4) is 0 Å². The molecule has 18 heavy (non-hydrogen) atoms. The molecule has 4 nitrogen and oxygen atoms in total. The van der Waals surface area contributed by atoms with Gasteiger partial charge in [0.15, 0.2) is 0 Å². The number of para-hydroxylation sites is 1. The van der Waals surface area contributed by atoms with Crippen LogP contribution in [0, 0.1) is 0 Å². The third-order valence-electron chi connectivity index (χ3n) is 2.96. The van der Waals surface area contributed by atoms with Gasteiger partial charge in [0, 0.05) is 29.0 Å². The Labute approximate surface area is 109 Å². The topological polar surface area (TPSA) is 53.6 Å². The number of nitrogens with zero attached hydrogens (tertiary/aromatic N) is 2. The van der Waals surface area contributed by atoms with E-state index in [1.807, 2.05) is 5.38 Å². The molecule has 0 saturated heterocycles. The first-order valence-electron chi connectivity index (χ1n) is 5.95. The molecule has 2 aromatic heterocycles. The molecule has 0 aliphatic rings. The Kier molecular flexibility index (Phi) is 3.34. The molecule has 0 radical (unpaired) electrons. The monoisotopic (exact) mass is 258 g/mol. The van der Waals surface area contributed by atoms with Crippen molar-refractivity contribution >= 4 is 22.4 Å². The first-order valence-corrected chi connectivity index (χ1v) is 6.79. The predicted molar refractivity (Wildman–Crippen MR) is 73.6 cm³/mol. The molecule has 2 heterocycles. The molecule has 92 valence electrons. The fourth-order valence-corrected chi connectivity index (χ4v) is 2.49. The fraction of sp³-hybridized carbons (Fsp3) is 0.231. The van der Waals surface area contributed by atoms with Gasteiger partial charge < -0.3 is 10.3 Å². The predicted octanol–water partition coefficient (Wildman–Crippen LogP) is 2.35. The minimum absolute atomic E-state index is 0.791. The van der Waals surface area contributed by atoms with E-state index in [4.69, 9.17) is 0 Å². The van der Waals surface area contributed by atoms with Crippen molar-refractivity contribution in [2.24, 2.45) is 0 Å². The van der Waals surface area contributed by atoms with Gasteiger partial charge >= 0.3 is 0 Å². The number of fused-ring (bicyclic) bond motifs is 1. The minimum atomic E-state index is 0.791. The van der Waals surface area contributed by atoms with Crippen molar-refractivity contribution in [2.75, 3.05) is 6.54 Å². The zero-order chi connectivity index (χ0) is 12.2. The smallest absolute Gasteiger partial charge is 0.0893 e. The van der Waals surface area contributed by atoms with E-state index in [9.17, 15) is 0 Å². The SMILES string of the molecule is c1ccc2c(CCNCc3csnn3)c[nH]c2c1. The molecule has 0 aliphatic heterocycles. The Balaban J connectivity index is 1.57. The van der Waals surface area contributed by atoms with Crippen LogP contribution in [0.4, 0.5) is 0 Å². The van der Waals surface area contributed by atoms with Crippen LogP contribution in [-0.4, -0.2) is 21.1 Å². The molecule has 2 N–H and O–H groups in total. The average Bonchev–Trinajstić information content (AvgIpc) is 3.04. The normalized spacial score (nSPS) is 11.1. The van der Waals surface area contributed by atoms with Crippen LogP contribution in [0.5, 0.6) is 0 Å². The Bertz CT molecular complexity index is 615. The minimum Gasteiger partial charge on any atom is -0.361 e. The van der Waals surface area contributed by atoms with Gasteiger partial charge in [0.1, 0.15) is 0 Å². The van der Waals surface area contributed by atoms with Gasteiger partial charge in [0.05, 0.1) is 5.69 Å². The van der Waals surface area contributed by atoms with Crippen LogP contribution >= 0.6 is 11.5 Å². The maximum Gasteiger partial charge on any atom is 0.0893 e. The van der Waals surface area contributed by atoms with Crippen LogP contribution in [0.1, 0.15) is 11.3 Å². The van der Waals surface area contributed by atoms with Crippen molar-refractivity contribution < 1.29 is 0 Å². The van der Waals surface area contributed by atoms with Gasteiger partial charge in [-0.25, -0.2) is 0 Å². The standard InChI is InChI=1S/C13H14N4S/c1-2-4-13-12(3-1)10(7-15-13)5-6-14-8-11-9-18-17-16-11/h1-4,7,9,14-15H,5-6,8H2. The van der Waals surface area contributed by atoms with Gasteiger partial charge in [-0.1, -0.05) is 22.7 Å². The molecule has 0 saturated carbocycles. The Morgan fingerprint density at radius 3 is 3.11 bits per heavy atom. The zero-order valence-electron chi connectivity index (χ0n) is 9.89. The molecular weight excluding hydrogens is 244 g/mol. The summed E-state index contributed by atoms with van der Waals surface area (Å²) in [5.74, 6) is 0. The molecular formula is C13H14N4S. The number of aromatic nitrogens is 3. The third kappa shape index (κ3) is 2.42. The maximum absolute atomic E-state index is 4.00. The maximum atomic E-state index is 4.00. The summed E-state index contributed by atoms with van der Waals surface area (Å²) >= 11 is 1.39. The van der Waals surface area contributed by atoms with E-state index in [0.29, 0.717) is 0 Å². The number of H-pyrrole nitrogens is 1. The summed E-state index contributed by atoms with van der Waals surface area (Å²) < 4.78 is 3.84. The number of aromatic amines is 1. The lowest BCUT2D eigenvalue weighted by Crippen LogP contribution is -2.16. The number of rotatable bonds is 5. The summed E-state index contributed by atoms with van der Waals surface area (Å²) in [5, 5.41) is 10.7. The lowest BCUT2D eigenvalue weighted by Gasteiger charge is -2.01. The highest BCUT2D eigenvalue weighted by molar-refractivity contribution is 7.03.